The molecule has 2 fully saturated rings. The van der Waals surface area contributed by atoms with Gasteiger partial charge < -0.3 is 4.74 Å². The Morgan fingerprint density at radius 1 is 1.42 bits per heavy atom. The predicted molar refractivity (Wildman–Crippen MR) is 48.7 cm³/mol. The second-order valence-electron chi connectivity index (χ2n) is 3.46. The van der Waals surface area contributed by atoms with Crippen LogP contribution in [0.1, 0.15) is 6.42 Å². The first-order chi connectivity index (χ1) is 5.84. The maximum atomic E-state index is 11.2. The Bertz CT molecular complexity index is 182. The molecule has 0 N–H and O–H groups in total. The summed E-state index contributed by atoms with van der Waals surface area (Å²) in [6, 6.07) is 0. The van der Waals surface area contributed by atoms with Gasteiger partial charge in [0.2, 0.25) is 0 Å². The van der Waals surface area contributed by atoms with Gasteiger partial charge >= 0.3 is 0 Å². The highest BCUT2D eigenvalue weighted by Gasteiger charge is 2.26. The minimum atomic E-state index is -0.555. The Labute approximate surface area is 75.5 Å². The van der Waals surface area contributed by atoms with Gasteiger partial charge in [0.1, 0.15) is 0 Å². The maximum absolute atomic E-state index is 11.2. The number of hydrogen-bond acceptors (Lipinski definition) is 3. The molecule has 0 spiro atoms. The largest absolute Gasteiger partial charge is 0.372 e. The molecule has 3 nitrogen and oxygen atoms in total. The van der Waals surface area contributed by atoms with E-state index in [1.165, 1.54) is 0 Å². The summed E-state index contributed by atoms with van der Waals surface area (Å²) in [5.74, 6) is 1.74. The summed E-state index contributed by atoms with van der Waals surface area (Å²) in [6.07, 6.45) is 1.57. The van der Waals surface area contributed by atoms with E-state index in [1.54, 1.807) is 0 Å². The SMILES string of the molecule is O=S1CCCN(C[C@@H]2CO2)CC1. The zero-order valence-corrected chi connectivity index (χ0v) is 8.02. The fourth-order valence-electron chi connectivity index (χ4n) is 1.54. The molecule has 4 heteroatoms. The average molecular weight is 189 g/mol. The number of nitrogens with zero attached hydrogens (tertiary/aromatic N) is 1. The summed E-state index contributed by atoms with van der Waals surface area (Å²) in [7, 11) is -0.555. The topological polar surface area (TPSA) is 32.8 Å². The molecule has 2 atom stereocenters. The molecule has 0 aliphatic carbocycles. The highest BCUT2D eigenvalue weighted by atomic mass is 32.2. The number of ether oxygens (including phenoxy) is 1. The fourth-order valence-corrected chi connectivity index (χ4v) is 2.65. The first-order valence-corrected chi connectivity index (χ1v) is 6.02. The van der Waals surface area contributed by atoms with E-state index in [0.29, 0.717) is 6.10 Å². The summed E-state index contributed by atoms with van der Waals surface area (Å²) in [5, 5.41) is 0. The van der Waals surface area contributed by atoms with Crippen molar-refractivity contribution in [1.29, 1.82) is 0 Å². The normalized spacial score (nSPS) is 37.7. The summed E-state index contributed by atoms with van der Waals surface area (Å²) in [5.41, 5.74) is 0. The molecule has 70 valence electrons. The van der Waals surface area contributed by atoms with Crippen molar-refractivity contribution >= 4 is 10.8 Å². The van der Waals surface area contributed by atoms with Crippen LogP contribution in [-0.2, 0) is 15.5 Å². The van der Waals surface area contributed by atoms with Gasteiger partial charge in [0.15, 0.2) is 0 Å². The number of epoxide rings is 1. The van der Waals surface area contributed by atoms with Crippen LogP contribution >= 0.6 is 0 Å². The van der Waals surface area contributed by atoms with E-state index in [9.17, 15) is 4.21 Å². The molecular formula is C8H15NO2S. The van der Waals surface area contributed by atoms with E-state index in [4.69, 9.17) is 4.74 Å². The summed E-state index contributed by atoms with van der Waals surface area (Å²) >= 11 is 0. The van der Waals surface area contributed by atoms with Crippen LogP contribution in [0.2, 0.25) is 0 Å². The third-order valence-electron chi connectivity index (χ3n) is 2.35. The summed E-state index contributed by atoms with van der Waals surface area (Å²) in [6.45, 7) is 4.08. The monoisotopic (exact) mass is 189 g/mol. The van der Waals surface area contributed by atoms with E-state index in [1.807, 2.05) is 0 Å². The van der Waals surface area contributed by atoms with E-state index in [2.05, 4.69) is 4.90 Å². The van der Waals surface area contributed by atoms with Gasteiger partial charge in [0, 0.05) is 35.4 Å². The molecule has 0 bridgehead atoms. The van der Waals surface area contributed by atoms with Crippen LogP contribution in [0.3, 0.4) is 0 Å². The quantitative estimate of drug-likeness (QED) is 0.566. The van der Waals surface area contributed by atoms with Crippen molar-refractivity contribution in [3.05, 3.63) is 0 Å². The van der Waals surface area contributed by atoms with Crippen LogP contribution in [0.5, 0.6) is 0 Å². The zero-order valence-electron chi connectivity index (χ0n) is 7.20. The van der Waals surface area contributed by atoms with Crippen LogP contribution in [0.25, 0.3) is 0 Å². The minimum absolute atomic E-state index is 0.483. The lowest BCUT2D eigenvalue weighted by Crippen LogP contribution is -2.30. The molecule has 2 rings (SSSR count). The molecular weight excluding hydrogens is 174 g/mol. The molecule has 2 aliphatic rings. The second-order valence-corrected chi connectivity index (χ2v) is 5.15. The van der Waals surface area contributed by atoms with Gasteiger partial charge in [0.25, 0.3) is 0 Å². The van der Waals surface area contributed by atoms with Crippen LogP contribution < -0.4 is 0 Å². The molecule has 2 heterocycles. The van der Waals surface area contributed by atoms with Gasteiger partial charge in [0.05, 0.1) is 12.7 Å². The first-order valence-electron chi connectivity index (χ1n) is 4.53. The van der Waals surface area contributed by atoms with Gasteiger partial charge in [-0.15, -0.1) is 0 Å². The van der Waals surface area contributed by atoms with E-state index < -0.39 is 10.8 Å². The smallest absolute Gasteiger partial charge is 0.0936 e. The van der Waals surface area contributed by atoms with Crippen molar-refractivity contribution in [3.63, 3.8) is 0 Å². The Hall–Kier alpha value is 0.0700. The Morgan fingerprint density at radius 2 is 2.25 bits per heavy atom. The third-order valence-corrected chi connectivity index (χ3v) is 3.73. The van der Waals surface area contributed by atoms with E-state index in [0.717, 1.165) is 44.2 Å². The molecule has 12 heavy (non-hydrogen) atoms. The Morgan fingerprint density at radius 3 is 3.00 bits per heavy atom. The molecule has 2 aliphatic heterocycles. The maximum Gasteiger partial charge on any atom is 0.0936 e. The highest BCUT2D eigenvalue weighted by Crippen LogP contribution is 2.12. The summed E-state index contributed by atoms with van der Waals surface area (Å²) in [4.78, 5) is 2.38. The molecule has 0 aromatic carbocycles. The number of hydrogen-bond donors (Lipinski definition) is 0. The van der Waals surface area contributed by atoms with Crippen LogP contribution in [-0.4, -0.2) is 53.0 Å². The summed E-state index contributed by atoms with van der Waals surface area (Å²) < 4.78 is 16.3. The van der Waals surface area contributed by atoms with Gasteiger partial charge in [-0.05, 0) is 13.0 Å². The molecule has 0 saturated carbocycles. The molecule has 0 aromatic rings. The lowest BCUT2D eigenvalue weighted by molar-refractivity contribution is 0.257. The van der Waals surface area contributed by atoms with E-state index in [-0.39, 0.29) is 0 Å². The van der Waals surface area contributed by atoms with Crippen molar-refractivity contribution in [3.8, 4) is 0 Å². The van der Waals surface area contributed by atoms with Crippen LogP contribution in [0, 0.1) is 0 Å². The third kappa shape index (κ3) is 2.54. The highest BCUT2D eigenvalue weighted by molar-refractivity contribution is 7.85. The molecule has 1 unspecified atom stereocenters. The van der Waals surface area contributed by atoms with Crippen molar-refractivity contribution in [1.82, 2.24) is 4.90 Å². The Balaban J connectivity index is 1.77. The van der Waals surface area contributed by atoms with Crippen molar-refractivity contribution in [2.45, 2.75) is 12.5 Å². The van der Waals surface area contributed by atoms with Crippen molar-refractivity contribution in [2.24, 2.45) is 0 Å². The molecule has 0 radical (unpaired) electrons. The fraction of sp³-hybridized carbons (Fsp3) is 1.00. The Kier molecular flexibility index (Phi) is 2.78. The zero-order chi connectivity index (χ0) is 8.39. The van der Waals surface area contributed by atoms with Crippen LogP contribution in [0.15, 0.2) is 0 Å². The van der Waals surface area contributed by atoms with Gasteiger partial charge in [-0.2, -0.15) is 0 Å². The minimum Gasteiger partial charge on any atom is -0.372 e. The molecule has 0 aromatic heterocycles. The first kappa shape index (κ1) is 8.66. The standard InChI is InChI=1S/C8H15NO2S/c10-12-4-1-2-9(3-5-12)6-8-7-11-8/h8H,1-7H2/t8-,12?/m1/s1. The van der Waals surface area contributed by atoms with Gasteiger partial charge in [-0.1, -0.05) is 0 Å². The predicted octanol–water partition coefficient (Wildman–Crippen LogP) is -0.160. The van der Waals surface area contributed by atoms with Gasteiger partial charge in [-0.3, -0.25) is 9.11 Å². The van der Waals surface area contributed by atoms with Crippen LogP contribution in [0.4, 0.5) is 0 Å². The van der Waals surface area contributed by atoms with Crippen molar-refractivity contribution in [2.75, 3.05) is 37.7 Å². The van der Waals surface area contributed by atoms with Gasteiger partial charge in [-0.25, -0.2) is 0 Å². The van der Waals surface area contributed by atoms with Crippen molar-refractivity contribution < 1.29 is 8.95 Å². The lowest BCUT2D eigenvalue weighted by atomic mass is 10.3. The number of rotatable bonds is 2. The lowest BCUT2D eigenvalue weighted by Gasteiger charge is -2.17. The average Bonchev–Trinajstić information content (AvgIpc) is 2.83. The molecule has 0 amide bonds. The molecule has 2 saturated heterocycles. The second kappa shape index (κ2) is 3.85. The van der Waals surface area contributed by atoms with E-state index >= 15 is 0 Å².